The number of aromatic nitrogens is 2. The van der Waals surface area contributed by atoms with Gasteiger partial charge in [0.05, 0.1) is 33.1 Å². The zero-order valence-electron chi connectivity index (χ0n) is 20.7. The molecule has 1 aliphatic rings. The highest BCUT2D eigenvalue weighted by atomic mass is 35.5. The summed E-state index contributed by atoms with van der Waals surface area (Å²) in [5, 5.41) is 18.4. The molecule has 12 heteroatoms. The van der Waals surface area contributed by atoms with Crippen molar-refractivity contribution in [2.45, 2.75) is 12.1 Å². The molecule has 2 aromatic heterocycles. The number of anilines is 2. The Balaban J connectivity index is 1.60. The number of hydrogen-bond acceptors (Lipinski definition) is 6. The van der Waals surface area contributed by atoms with Gasteiger partial charge in [0, 0.05) is 43.0 Å². The summed E-state index contributed by atoms with van der Waals surface area (Å²) >= 11 is 12.4. The maximum atomic E-state index is 12.0. The molecule has 198 valence electrons. The first-order valence-corrected chi connectivity index (χ1v) is 12.7. The standard InChI is InChI=1S/C27H23ClN6O4S/c1-38-16-24(35)30-21-11-10-18(15-20(21)28)33-26(25(31-27(33)39)22-8-2-3-12-29-22)23-9-5-13-32(23)17-6-4-7-19(14-17)34(36)37/h2-15,25-26H,16H2,1H3,(H,30,35)(H,31,39)/t25-,26+/m0/s1. The number of nitrogens with zero attached hydrogens (tertiary/aromatic N) is 4. The molecule has 0 aliphatic carbocycles. The number of nitrogens with one attached hydrogen (secondary N) is 2. The number of hydrogen-bond donors (Lipinski definition) is 2. The molecular weight excluding hydrogens is 540 g/mol. The van der Waals surface area contributed by atoms with Gasteiger partial charge >= 0.3 is 0 Å². The SMILES string of the molecule is COCC(=O)Nc1ccc(N2C(=S)N[C@@H](c3ccccn3)[C@H]2c2cccn2-c2cccc([N+](=O)[O-])c2)cc1Cl. The quantitative estimate of drug-likeness (QED) is 0.171. The van der Waals surface area contributed by atoms with E-state index in [4.69, 9.17) is 28.6 Å². The molecule has 4 aromatic rings. The molecule has 1 amide bonds. The van der Waals surface area contributed by atoms with Crippen LogP contribution in [0.25, 0.3) is 5.69 Å². The second kappa shape index (κ2) is 11.2. The van der Waals surface area contributed by atoms with E-state index in [0.29, 0.717) is 27.2 Å². The largest absolute Gasteiger partial charge is 0.375 e. The second-order valence-corrected chi connectivity index (χ2v) is 9.52. The van der Waals surface area contributed by atoms with E-state index in [0.717, 1.165) is 11.4 Å². The molecule has 10 nitrogen and oxygen atoms in total. The topological polar surface area (TPSA) is 115 Å². The maximum Gasteiger partial charge on any atom is 0.271 e. The minimum Gasteiger partial charge on any atom is -0.375 e. The van der Waals surface area contributed by atoms with Crippen LogP contribution in [0.2, 0.25) is 5.02 Å². The first-order valence-electron chi connectivity index (χ1n) is 11.9. The van der Waals surface area contributed by atoms with E-state index in [1.807, 2.05) is 58.1 Å². The van der Waals surface area contributed by atoms with Crippen molar-refractivity contribution in [1.82, 2.24) is 14.9 Å². The van der Waals surface area contributed by atoms with E-state index < -0.39 is 11.0 Å². The fraction of sp³-hybridized carbons (Fsp3) is 0.148. The highest BCUT2D eigenvalue weighted by Crippen LogP contribution is 2.43. The number of benzene rings is 2. The minimum absolute atomic E-state index is 0.0109. The summed E-state index contributed by atoms with van der Waals surface area (Å²) in [6, 6.07) is 20.4. The first-order chi connectivity index (χ1) is 18.9. The summed E-state index contributed by atoms with van der Waals surface area (Å²) in [4.78, 5) is 29.6. The predicted octanol–water partition coefficient (Wildman–Crippen LogP) is 5.20. The van der Waals surface area contributed by atoms with Crippen molar-refractivity contribution in [3.63, 3.8) is 0 Å². The summed E-state index contributed by atoms with van der Waals surface area (Å²) < 4.78 is 6.78. The minimum atomic E-state index is -0.420. The molecule has 39 heavy (non-hydrogen) atoms. The maximum absolute atomic E-state index is 12.0. The fourth-order valence-corrected chi connectivity index (χ4v) is 5.20. The van der Waals surface area contributed by atoms with Gasteiger partial charge in [-0.1, -0.05) is 23.7 Å². The number of rotatable bonds is 8. The number of nitro groups is 1. The van der Waals surface area contributed by atoms with Crippen LogP contribution < -0.4 is 15.5 Å². The van der Waals surface area contributed by atoms with Gasteiger partial charge in [-0.25, -0.2) is 0 Å². The second-order valence-electron chi connectivity index (χ2n) is 8.72. The van der Waals surface area contributed by atoms with E-state index in [9.17, 15) is 14.9 Å². The van der Waals surface area contributed by atoms with Crippen LogP contribution in [0.3, 0.4) is 0 Å². The summed E-state index contributed by atoms with van der Waals surface area (Å²) in [7, 11) is 1.44. The predicted molar refractivity (Wildman–Crippen MR) is 152 cm³/mol. The van der Waals surface area contributed by atoms with Gasteiger partial charge in [-0.2, -0.15) is 0 Å². The molecule has 0 saturated carbocycles. The van der Waals surface area contributed by atoms with Gasteiger partial charge in [-0.3, -0.25) is 19.9 Å². The number of methoxy groups -OCH3 is 1. The highest BCUT2D eigenvalue weighted by molar-refractivity contribution is 7.80. The molecule has 0 unspecified atom stereocenters. The molecule has 0 bridgehead atoms. The monoisotopic (exact) mass is 562 g/mol. The van der Waals surface area contributed by atoms with Crippen LogP contribution in [0.15, 0.2) is 85.2 Å². The van der Waals surface area contributed by atoms with Crippen molar-refractivity contribution >= 4 is 51.9 Å². The number of nitro benzene ring substituents is 1. The molecule has 2 atom stereocenters. The number of thiocarbonyl (C=S) groups is 1. The Hall–Kier alpha value is -4.32. The first kappa shape index (κ1) is 26.3. The fourth-order valence-electron chi connectivity index (χ4n) is 4.63. The summed E-state index contributed by atoms with van der Waals surface area (Å²) in [6.45, 7) is -0.0965. The highest BCUT2D eigenvalue weighted by Gasteiger charge is 2.42. The molecule has 1 aliphatic heterocycles. The van der Waals surface area contributed by atoms with Gasteiger partial charge in [0.25, 0.3) is 5.69 Å². The van der Waals surface area contributed by atoms with Crippen molar-refractivity contribution in [1.29, 1.82) is 0 Å². The Morgan fingerprint density at radius 3 is 2.72 bits per heavy atom. The lowest BCUT2D eigenvalue weighted by Crippen LogP contribution is -2.30. The Labute approximate surface area is 234 Å². The van der Waals surface area contributed by atoms with Crippen molar-refractivity contribution in [2.75, 3.05) is 23.9 Å². The average molecular weight is 563 g/mol. The van der Waals surface area contributed by atoms with Gasteiger partial charge in [0.2, 0.25) is 5.91 Å². The molecule has 0 spiro atoms. The third-order valence-corrected chi connectivity index (χ3v) is 6.91. The zero-order valence-corrected chi connectivity index (χ0v) is 22.2. The number of pyridine rings is 1. The number of non-ortho nitro benzene ring substituents is 1. The van der Waals surface area contributed by atoms with Crippen LogP contribution in [0.1, 0.15) is 23.5 Å². The van der Waals surface area contributed by atoms with Gasteiger partial charge in [-0.15, -0.1) is 0 Å². The molecule has 0 radical (unpaired) electrons. The van der Waals surface area contributed by atoms with Gasteiger partial charge in [-0.05, 0) is 60.7 Å². The third kappa shape index (κ3) is 5.32. The Bertz CT molecular complexity index is 1550. The molecule has 2 aromatic carbocycles. The lowest BCUT2D eigenvalue weighted by atomic mass is 10.0. The van der Waals surface area contributed by atoms with Gasteiger partial charge in [0.1, 0.15) is 12.6 Å². The zero-order chi connectivity index (χ0) is 27.5. The van der Waals surface area contributed by atoms with Crippen LogP contribution >= 0.6 is 23.8 Å². The molecule has 1 fully saturated rings. The van der Waals surface area contributed by atoms with Crippen molar-refractivity contribution in [3.8, 4) is 5.69 Å². The summed E-state index contributed by atoms with van der Waals surface area (Å²) in [6.07, 6.45) is 3.57. The van der Waals surface area contributed by atoms with Crippen molar-refractivity contribution in [3.05, 3.63) is 112 Å². The number of carbonyl (C=O) groups is 1. The number of ether oxygens (including phenoxy) is 1. The molecule has 1 saturated heterocycles. The van der Waals surface area contributed by atoms with E-state index in [1.165, 1.54) is 19.2 Å². The van der Waals surface area contributed by atoms with E-state index in [2.05, 4.69) is 15.6 Å². The molecule has 3 heterocycles. The number of carbonyl (C=O) groups excluding carboxylic acids is 1. The third-order valence-electron chi connectivity index (χ3n) is 6.28. The van der Waals surface area contributed by atoms with Crippen LogP contribution in [0.5, 0.6) is 0 Å². The van der Waals surface area contributed by atoms with E-state index >= 15 is 0 Å². The van der Waals surface area contributed by atoms with Crippen LogP contribution in [-0.2, 0) is 9.53 Å². The van der Waals surface area contributed by atoms with Crippen molar-refractivity contribution in [2.24, 2.45) is 0 Å². The smallest absolute Gasteiger partial charge is 0.271 e. The summed E-state index contributed by atoms with van der Waals surface area (Å²) in [5.41, 5.74) is 3.36. The van der Waals surface area contributed by atoms with E-state index in [-0.39, 0.29) is 24.2 Å². The van der Waals surface area contributed by atoms with Crippen LogP contribution in [-0.4, -0.2) is 39.2 Å². The number of halogens is 1. The Kier molecular flexibility index (Phi) is 7.55. The van der Waals surface area contributed by atoms with Gasteiger partial charge < -0.3 is 24.8 Å². The molecular formula is C27H23ClN6O4S. The Morgan fingerprint density at radius 1 is 1.15 bits per heavy atom. The van der Waals surface area contributed by atoms with Crippen LogP contribution in [0, 0.1) is 10.1 Å². The lowest BCUT2D eigenvalue weighted by molar-refractivity contribution is -0.384. The summed E-state index contributed by atoms with van der Waals surface area (Å²) in [5.74, 6) is -0.326. The Morgan fingerprint density at radius 2 is 2.00 bits per heavy atom. The van der Waals surface area contributed by atoms with Gasteiger partial charge in [0.15, 0.2) is 5.11 Å². The normalized spacial score (nSPS) is 16.7. The van der Waals surface area contributed by atoms with Crippen LogP contribution in [0.4, 0.5) is 17.1 Å². The average Bonchev–Trinajstić information content (AvgIpc) is 3.55. The van der Waals surface area contributed by atoms with Crippen molar-refractivity contribution < 1.29 is 14.5 Å². The molecule has 5 rings (SSSR count). The number of amides is 1. The molecule has 2 N–H and O–H groups in total. The van der Waals surface area contributed by atoms with E-state index in [1.54, 1.807) is 24.4 Å². The lowest BCUT2D eigenvalue weighted by Gasteiger charge is -2.29.